The van der Waals surface area contributed by atoms with Gasteiger partial charge in [0.2, 0.25) is 11.1 Å². The van der Waals surface area contributed by atoms with Gasteiger partial charge in [-0.15, -0.1) is 5.10 Å². The maximum atomic E-state index is 12.1. The summed E-state index contributed by atoms with van der Waals surface area (Å²) < 4.78 is 4.93. The number of hydrogen-bond donors (Lipinski definition) is 2. The number of esters is 1. The number of rotatable bonds is 5. The van der Waals surface area contributed by atoms with Crippen molar-refractivity contribution in [3.8, 4) is 5.75 Å². The normalized spacial score (nSPS) is 10.2. The van der Waals surface area contributed by atoms with Crippen molar-refractivity contribution in [1.29, 1.82) is 0 Å². The van der Waals surface area contributed by atoms with Crippen molar-refractivity contribution in [3.05, 3.63) is 29.8 Å². The zero-order valence-electron chi connectivity index (χ0n) is 11.5. The van der Waals surface area contributed by atoms with E-state index in [0.717, 1.165) is 5.75 Å². The topological polar surface area (TPSA) is 97.0 Å². The van der Waals surface area contributed by atoms with Crippen LogP contribution in [-0.2, 0) is 4.79 Å². The number of carbonyl (C=O) groups excluding carboxylic acids is 2. The van der Waals surface area contributed by atoms with Crippen LogP contribution in [0.4, 0.5) is 5.95 Å². The minimum Gasteiger partial charge on any atom is -0.427 e. The number of amides is 1. The number of thioether (sulfide) groups is 1. The summed E-state index contributed by atoms with van der Waals surface area (Å²) in [7, 11) is 0. The Morgan fingerprint density at radius 1 is 1.43 bits per heavy atom. The molecule has 0 bridgehead atoms. The van der Waals surface area contributed by atoms with Crippen LogP contribution in [0.2, 0.25) is 0 Å². The van der Waals surface area contributed by atoms with E-state index in [9.17, 15) is 9.59 Å². The van der Waals surface area contributed by atoms with Crippen LogP contribution in [0.15, 0.2) is 29.4 Å². The second-order valence-electron chi connectivity index (χ2n) is 3.98. The predicted octanol–water partition coefficient (Wildman–Crippen LogP) is 2.09. The molecule has 21 heavy (non-hydrogen) atoms. The van der Waals surface area contributed by atoms with Crippen LogP contribution in [-0.4, -0.2) is 32.8 Å². The quantitative estimate of drug-likeness (QED) is 0.499. The molecular weight excluding hydrogens is 292 g/mol. The lowest BCUT2D eigenvalue weighted by Crippen LogP contribution is -2.13. The van der Waals surface area contributed by atoms with Crippen LogP contribution in [0.3, 0.4) is 0 Å². The number of anilines is 1. The summed E-state index contributed by atoms with van der Waals surface area (Å²) >= 11 is 1.47. The first kappa shape index (κ1) is 15.0. The lowest BCUT2D eigenvalue weighted by molar-refractivity contribution is -0.131. The predicted molar refractivity (Wildman–Crippen MR) is 78.5 cm³/mol. The summed E-state index contributed by atoms with van der Waals surface area (Å²) in [6.07, 6.45) is 0. The SMILES string of the molecule is CCSc1n[nH]c(NC(=O)c2cccc(OC(C)=O)c2)n1. The van der Waals surface area contributed by atoms with Gasteiger partial charge in [-0.05, 0) is 24.0 Å². The Labute approximate surface area is 125 Å². The third-order valence-electron chi connectivity index (χ3n) is 2.33. The van der Waals surface area contributed by atoms with Crippen molar-refractivity contribution in [2.75, 3.05) is 11.1 Å². The van der Waals surface area contributed by atoms with Crippen LogP contribution in [0.25, 0.3) is 0 Å². The standard InChI is InChI=1S/C13H14N4O3S/c1-3-21-13-15-12(16-17-13)14-11(19)9-5-4-6-10(7-9)20-8(2)18/h4-7H,3H2,1-2H3,(H2,14,15,16,17,19). The Hall–Kier alpha value is -2.35. The van der Waals surface area contributed by atoms with E-state index in [2.05, 4.69) is 20.5 Å². The summed E-state index contributed by atoms with van der Waals surface area (Å²) in [6.45, 7) is 3.29. The first-order valence-electron chi connectivity index (χ1n) is 6.23. The van der Waals surface area contributed by atoms with Gasteiger partial charge >= 0.3 is 5.97 Å². The van der Waals surface area contributed by atoms with Gasteiger partial charge in [-0.25, -0.2) is 5.10 Å². The minimum absolute atomic E-state index is 0.272. The van der Waals surface area contributed by atoms with Crippen molar-refractivity contribution in [3.63, 3.8) is 0 Å². The molecule has 2 rings (SSSR count). The van der Waals surface area contributed by atoms with E-state index in [1.54, 1.807) is 18.2 Å². The van der Waals surface area contributed by atoms with Gasteiger partial charge in [-0.3, -0.25) is 14.9 Å². The Balaban J connectivity index is 2.06. The van der Waals surface area contributed by atoms with Crippen molar-refractivity contribution in [1.82, 2.24) is 15.2 Å². The molecule has 0 radical (unpaired) electrons. The van der Waals surface area contributed by atoms with Crippen molar-refractivity contribution in [2.24, 2.45) is 0 Å². The van der Waals surface area contributed by atoms with Crippen LogP contribution in [0.5, 0.6) is 5.75 Å². The summed E-state index contributed by atoms with van der Waals surface area (Å²) in [6, 6.07) is 6.32. The molecule has 0 saturated heterocycles. The molecule has 7 nitrogen and oxygen atoms in total. The zero-order valence-corrected chi connectivity index (χ0v) is 12.4. The molecule has 1 aromatic heterocycles. The van der Waals surface area contributed by atoms with E-state index in [1.165, 1.54) is 24.8 Å². The van der Waals surface area contributed by atoms with E-state index in [1.807, 2.05) is 6.92 Å². The average molecular weight is 306 g/mol. The highest BCUT2D eigenvalue weighted by Gasteiger charge is 2.11. The molecular formula is C13H14N4O3S. The molecule has 1 heterocycles. The van der Waals surface area contributed by atoms with E-state index < -0.39 is 5.97 Å². The number of ether oxygens (including phenoxy) is 1. The molecule has 110 valence electrons. The first-order chi connectivity index (χ1) is 10.1. The summed E-state index contributed by atoms with van der Waals surface area (Å²) in [4.78, 5) is 27.1. The molecule has 2 aromatic rings. The number of benzene rings is 1. The summed E-state index contributed by atoms with van der Waals surface area (Å²) in [5, 5.41) is 9.76. The highest BCUT2D eigenvalue weighted by Crippen LogP contribution is 2.16. The fraction of sp³-hybridized carbons (Fsp3) is 0.231. The number of nitrogens with one attached hydrogen (secondary N) is 2. The molecule has 8 heteroatoms. The van der Waals surface area contributed by atoms with E-state index in [4.69, 9.17) is 4.74 Å². The Kier molecular flexibility index (Phi) is 4.94. The summed E-state index contributed by atoms with van der Waals surface area (Å²) in [5.41, 5.74) is 0.356. The fourth-order valence-electron chi connectivity index (χ4n) is 1.54. The molecule has 0 unspecified atom stereocenters. The number of carbonyl (C=O) groups is 2. The van der Waals surface area contributed by atoms with Crippen LogP contribution in [0, 0.1) is 0 Å². The second-order valence-corrected chi connectivity index (χ2v) is 5.21. The smallest absolute Gasteiger partial charge is 0.308 e. The van der Waals surface area contributed by atoms with Crippen LogP contribution < -0.4 is 10.1 Å². The lowest BCUT2D eigenvalue weighted by Gasteiger charge is -2.04. The minimum atomic E-state index is -0.441. The lowest BCUT2D eigenvalue weighted by atomic mass is 10.2. The molecule has 2 N–H and O–H groups in total. The average Bonchev–Trinajstić information content (AvgIpc) is 2.86. The Morgan fingerprint density at radius 3 is 2.95 bits per heavy atom. The van der Waals surface area contributed by atoms with Crippen molar-refractivity contribution < 1.29 is 14.3 Å². The largest absolute Gasteiger partial charge is 0.427 e. The Bertz CT molecular complexity index is 656. The van der Waals surface area contributed by atoms with Gasteiger partial charge in [-0.2, -0.15) is 4.98 Å². The van der Waals surface area contributed by atoms with Crippen LogP contribution in [0.1, 0.15) is 24.2 Å². The highest BCUT2D eigenvalue weighted by molar-refractivity contribution is 7.99. The first-order valence-corrected chi connectivity index (χ1v) is 7.22. The van der Waals surface area contributed by atoms with Gasteiger partial charge in [0.25, 0.3) is 5.91 Å². The van der Waals surface area contributed by atoms with Gasteiger partial charge in [0.05, 0.1) is 0 Å². The van der Waals surface area contributed by atoms with Gasteiger partial charge < -0.3 is 4.74 Å². The summed E-state index contributed by atoms with van der Waals surface area (Å²) in [5.74, 6) is 0.622. The van der Waals surface area contributed by atoms with Crippen LogP contribution >= 0.6 is 11.8 Å². The number of aromatic nitrogens is 3. The molecule has 0 atom stereocenters. The Morgan fingerprint density at radius 2 is 2.24 bits per heavy atom. The molecule has 0 saturated carbocycles. The highest BCUT2D eigenvalue weighted by atomic mass is 32.2. The third-order valence-corrected chi connectivity index (χ3v) is 3.06. The number of hydrogen-bond acceptors (Lipinski definition) is 6. The number of nitrogens with zero attached hydrogens (tertiary/aromatic N) is 2. The van der Waals surface area contributed by atoms with E-state index in [0.29, 0.717) is 16.5 Å². The molecule has 1 aromatic carbocycles. The second kappa shape index (κ2) is 6.89. The monoisotopic (exact) mass is 306 g/mol. The van der Waals surface area contributed by atoms with E-state index >= 15 is 0 Å². The van der Waals surface area contributed by atoms with Gasteiger partial charge in [0.1, 0.15) is 5.75 Å². The molecule has 0 aliphatic carbocycles. The zero-order chi connectivity index (χ0) is 15.2. The van der Waals surface area contributed by atoms with E-state index in [-0.39, 0.29) is 11.9 Å². The van der Waals surface area contributed by atoms with Gasteiger partial charge in [0.15, 0.2) is 0 Å². The molecule has 0 aliphatic rings. The van der Waals surface area contributed by atoms with Crippen molar-refractivity contribution in [2.45, 2.75) is 19.0 Å². The fourth-order valence-corrected chi connectivity index (χ4v) is 2.07. The number of aromatic amines is 1. The van der Waals surface area contributed by atoms with Gasteiger partial charge in [0, 0.05) is 12.5 Å². The van der Waals surface area contributed by atoms with Gasteiger partial charge in [-0.1, -0.05) is 24.8 Å². The third kappa shape index (κ3) is 4.32. The molecule has 0 aliphatic heterocycles. The number of H-pyrrole nitrogens is 1. The molecule has 0 fully saturated rings. The van der Waals surface area contributed by atoms with Crippen molar-refractivity contribution >= 4 is 29.6 Å². The molecule has 0 spiro atoms. The molecule has 1 amide bonds. The maximum Gasteiger partial charge on any atom is 0.308 e. The maximum absolute atomic E-state index is 12.1.